The van der Waals surface area contributed by atoms with Crippen molar-refractivity contribution in [2.45, 2.75) is 38.6 Å². The summed E-state index contributed by atoms with van der Waals surface area (Å²) in [6, 6.07) is 8.99. The Labute approximate surface area is 126 Å². The number of nitrogens with zero attached hydrogens (tertiary/aromatic N) is 1. The second-order valence-corrected chi connectivity index (χ2v) is 6.73. The van der Waals surface area contributed by atoms with Gasteiger partial charge in [0.2, 0.25) is 0 Å². The molecule has 0 amide bonds. The molecule has 0 radical (unpaired) electrons. The fraction of sp³-hybridized carbons (Fsp3) is 0.556. The summed E-state index contributed by atoms with van der Waals surface area (Å²) in [5.74, 6) is 0. The summed E-state index contributed by atoms with van der Waals surface area (Å²) in [4.78, 5) is 6.28. The van der Waals surface area contributed by atoms with E-state index in [1.807, 2.05) is 0 Å². The second kappa shape index (κ2) is 4.85. The van der Waals surface area contributed by atoms with Gasteiger partial charge in [-0.15, -0.1) is 0 Å². The molecule has 2 N–H and O–H groups in total. The lowest BCUT2D eigenvalue weighted by Crippen LogP contribution is -2.50. The molecule has 2 atom stereocenters. The number of hydrogen-bond donors (Lipinski definition) is 2. The normalized spacial score (nSPS) is 29.3. The number of H-pyrrole nitrogens is 1. The lowest BCUT2D eigenvalue weighted by Gasteiger charge is -2.51. The molecule has 112 valence electrons. The first kappa shape index (κ1) is 13.4. The Hall–Kier alpha value is -1.32. The van der Waals surface area contributed by atoms with Gasteiger partial charge in [-0.3, -0.25) is 4.90 Å². The standard InChI is InChI=1S/C18H24N2O/c1-2-18(12-21)9-5-10-20-11-8-14-13-6-3-4-7-15(13)19-16(14)17(18)20/h3-4,6-7,17,19,21H,2,5,8-12H2,1H3/t17-,18-/m0/s1. The minimum absolute atomic E-state index is 0.0221. The largest absolute Gasteiger partial charge is 0.396 e. The zero-order valence-corrected chi connectivity index (χ0v) is 12.7. The molecular formula is C18H24N2O. The van der Waals surface area contributed by atoms with Crippen LogP contribution in [-0.4, -0.2) is 34.7 Å². The minimum Gasteiger partial charge on any atom is -0.396 e. The van der Waals surface area contributed by atoms with Crippen LogP contribution in [0.5, 0.6) is 0 Å². The maximum Gasteiger partial charge on any atom is 0.0580 e. The molecule has 4 rings (SSSR count). The first-order chi connectivity index (χ1) is 10.3. The number of nitrogens with one attached hydrogen (secondary N) is 1. The van der Waals surface area contributed by atoms with Crippen molar-refractivity contribution >= 4 is 10.9 Å². The van der Waals surface area contributed by atoms with E-state index in [2.05, 4.69) is 41.1 Å². The van der Waals surface area contributed by atoms with E-state index < -0.39 is 0 Å². The van der Waals surface area contributed by atoms with E-state index in [1.165, 1.54) is 35.1 Å². The summed E-state index contributed by atoms with van der Waals surface area (Å²) in [6.45, 7) is 4.82. The fourth-order valence-electron chi connectivity index (χ4n) is 4.64. The summed E-state index contributed by atoms with van der Waals surface area (Å²) in [7, 11) is 0. The van der Waals surface area contributed by atoms with Crippen molar-refractivity contribution in [1.29, 1.82) is 0 Å². The van der Waals surface area contributed by atoms with Gasteiger partial charge in [0.05, 0.1) is 12.6 Å². The summed E-state index contributed by atoms with van der Waals surface area (Å²) >= 11 is 0. The van der Waals surface area contributed by atoms with Gasteiger partial charge >= 0.3 is 0 Å². The predicted molar refractivity (Wildman–Crippen MR) is 85.4 cm³/mol. The first-order valence-corrected chi connectivity index (χ1v) is 8.23. The molecule has 2 aliphatic rings. The average Bonchev–Trinajstić information content (AvgIpc) is 2.92. The molecule has 0 aliphatic carbocycles. The summed E-state index contributed by atoms with van der Waals surface area (Å²) in [5, 5.41) is 11.5. The highest BCUT2D eigenvalue weighted by Crippen LogP contribution is 2.51. The Bertz CT molecular complexity index is 656. The number of rotatable bonds is 2. The molecule has 1 aromatic heterocycles. The Balaban J connectivity index is 1.91. The van der Waals surface area contributed by atoms with Crippen LogP contribution in [0.1, 0.15) is 43.5 Å². The Morgan fingerprint density at radius 3 is 3.00 bits per heavy atom. The van der Waals surface area contributed by atoms with Gasteiger partial charge in [-0.1, -0.05) is 25.1 Å². The number of para-hydroxylation sites is 1. The molecule has 1 fully saturated rings. The zero-order valence-electron chi connectivity index (χ0n) is 12.7. The van der Waals surface area contributed by atoms with Gasteiger partial charge in [0.1, 0.15) is 0 Å². The van der Waals surface area contributed by atoms with Crippen molar-refractivity contribution in [2.75, 3.05) is 19.7 Å². The number of aliphatic hydroxyl groups is 1. The lowest BCUT2D eigenvalue weighted by molar-refractivity contribution is -0.0379. The van der Waals surface area contributed by atoms with E-state index in [0.717, 1.165) is 25.8 Å². The second-order valence-electron chi connectivity index (χ2n) is 6.73. The van der Waals surface area contributed by atoms with Gasteiger partial charge in [0, 0.05) is 28.6 Å². The average molecular weight is 284 g/mol. The van der Waals surface area contributed by atoms with E-state index in [0.29, 0.717) is 12.6 Å². The van der Waals surface area contributed by atoms with Crippen molar-refractivity contribution < 1.29 is 5.11 Å². The number of aromatic amines is 1. The zero-order chi connectivity index (χ0) is 14.4. The molecule has 21 heavy (non-hydrogen) atoms. The van der Waals surface area contributed by atoms with E-state index in [1.54, 1.807) is 0 Å². The molecule has 1 saturated heterocycles. The molecule has 0 saturated carbocycles. The maximum atomic E-state index is 10.1. The Kier molecular flexibility index (Phi) is 3.09. The summed E-state index contributed by atoms with van der Waals surface area (Å²) in [5.41, 5.74) is 4.13. The van der Waals surface area contributed by atoms with Crippen LogP contribution < -0.4 is 0 Å². The van der Waals surface area contributed by atoms with Crippen molar-refractivity contribution in [2.24, 2.45) is 5.41 Å². The van der Waals surface area contributed by atoms with E-state index in [4.69, 9.17) is 0 Å². The van der Waals surface area contributed by atoms with Crippen molar-refractivity contribution in [3.8, 4) is 0 Å². The Morgan fingerprint density at radius 2 is 2.19 bits per heavy atom. The predicted octanol–water partition coefficient (Wildman–Crippen LogP) is 3.25. The quantitative estimate of drug-likeness (QED) is 0.888. The van der Waals surface area contributed by atoms with Crippen LogP contribution in [0, 0.1) is 5.41 Å². The SMILES string of the molecule is CC[C@@]1(CO)CCCN2CCc3c([nH]c4ccccc34)[C@H]21. The molecule has 3 heterocycles. The smallest absolute Gasteiger partial charge is 0.0580 e. The van der Waals surface area contributed by atoms with Crippen LogP contribution in [0.25, 0.3) is 10.9 Å². The number of piperidine rings is 1. The minimum atomic E-state index is 0.0221. The van der Waals surface area contributed by atoms with E-state index >= 15 is 0 Å². The summed E-state index contributed by atoms with van der Waals surface area (Å²) in [6.07, 6.45) is 4.51. The van der Waals surface area contributed by atoms with Crippen LogP contribution in [-0.2, 0) is 6.42 Å². The molecular weight excluding hydrogens is 260 g/mol. The van der Waals surface area contributed by atoms with Crippen molar-refractivity contribution in [1.82, 2.24) is 9.88 Å². The third kappa shape index (κ3) is 1.80. The molecule has 3 heteroatoms. The Morgan fingerprint density at radius 1 is 1.33 bits per heavy atom. The van der Waals surface area contributed by atoms with Crippen LogP contribution in [0.2, 0.25) is 0 Å². The van der Waals surface area contributed by atoms with Gasteiger partial charge in [0.15, 0.2) is 0 Å². The van der Waals surface area contributed by atoms with Crippen molar-refractivity contribution in [3.05, 3.63) is 35.5 Å². The number of hydrogen-bond acceptors (Lipinski definition) is 2. The molecule has 1 aromatic carbocycles. The number of fused-ring (bicyclic) bond motifs is 5. The van der Waals surface area contributed by atoms with Crippen LogP contribution in [0.15, 0.2) is 24.3 Å². The maximum absolute atomic E-state index is 10.1. The third-order valence-electron chi connectivity index (χ3n) is 5.85. The van der Waals surface area contributed by atoms with Gasteiger partial charge in [-0.2, -0.15) is 0 Å². The van der Waals surface area contributed by atoms with Gasteiger partial charge in [0.25, 0.3) is 0 Å². The third-order valence-corrected chi connectivity index (χ3v) is 5.85. The molecule has 0 bridgehead atoms. The summed E-state index contributed by atoms with van der Waals surface area (Å²) < 4.78 is 0. The van der Waals surface area contributed by atoms with E-state index in [9.17, 15) is 5.11 Å². The molecule has 0 spiro atoms. The lowest BCUT2D eigenvalue weighted by atomic mass is 9.68. The number of benzene rings is 1. The highest BCUT2D eigenvalue weighted by Gasteiger charge is 2.47. The van der Waals surface area contributed by atoms with E-state index in [-0.39, 0.29) is 5.41 Å². The highest BCUT2D eigenvalue weighted by atomic mass is 16.3. The molecule has 0 unspecified atom stereocenters. The fourth-order valence-corrected chi connectivity index (χ4v) is 4.64. The first-order valence-electron chi connectivity index (χ1n) is 8.23. The molecule has 2 aromatic rings. The van der Waals surface area contributed by atoms with Crippen molar-refractivity contribution in [3.63, 3.8) is 0 Å². The van der Waals surface area contributed by atoms with Crippen LogP contribution in [0.3, 0.4) is 0 Å². The molecule has 3 nitrogen and oxygen atoms in total. The number of aromatic nitrogens is 1. The van der Waals surface area contributed by atoms with Crippen LogP contribution >= 0.6 is 0 Å². The van der Waals surface area contributed by atoms with Crippen LogP contribution in [0.4, 0.5) is 0 Å². The highest BCUT2D eigenvalue weighted by molar-refractivity contribution is 5.85. The monoisotopic (exact) mass is 284 g/mol. The van der Waals surface area contributed by atoms with Gasteiger partial charge < -0.3 is 10.1 Å². The topological polar surface area (TPSA) is 39.3 Å². The number of aliphatic hydroxyl groups excluding tert-OH is 1. The molecule has 2 aliphatic heterocycles. The van der Waals surface area contributed by atoms with Gasteiger partial charge in [-0.05, 0) is 43.9 Å². The van der Waals surface area contributed by atoms with Gasteiger partial charge in [-0.25, -0.2) is 0 Å².